The summed E-state index contributed by atoms with van der Waals surface area (Å²) in [6.07, 6.45) is -9.12. The second-order valence-corrected chi connectivity index (χ2v) is 9.81. The van der Waals surface area contributed by atoms with Crippen molar-refractivity contribution in [3.63, 3.8) is 0 Å². The highest BCUT2D eigenvalue weighted by molar-refractivity contribution is 5.99. The van der Waals surface area contributed by atoms with Crippen molar-refractivity contribution in [3.05, 3.63) is 52.8 Å². The van der Waals surface area contributed by atoms with Gasteiger partial charge in [-0.25, -0.2) is 0 Å². The predicted octanol–water partition coefficient (Wildman–Crippen LogP) is 5.02. The number of fused-ring (bicyclic) bond motifs is 2. The number of ketones is 1. The summed E-state index contributed by atoms with van der Waals surface area (Å²) in [5, 5.41) is 3.48. The zero-order valence-corrected chi connectivity index (χ0v) is 19.8. The number of hydrogen-bond donors (Lipinski definition) is 1. The number of ether oxygens (including phenoxy) is 1. The Bertz CT molecular complexity index is 1200. The molecule has 1 aromatic carbocycles. The summed E-state index contributed by atoms with van der Waals surface area (Å²) in [6.45, 7) is 4.08. The highest BCUT2D eigenvalue weighted by Crippen LogP contribution is 2.42. The Hall–Kier alpha value is -3.02. The summed E-state index contributed by atoms with van der Waals surface area (Å²) in [4.78, 5) is 26.5. The standard InChI is InChI=1S/C24H25F6N3O3.H2/c1-21(2)13-33-16(19(34)24(28,29)30)5-7-18(33)22(31-21)8-10-32(11-9-22)20(35)14-4-6-17(36-3)15(12-14)23(25,26)27;/h4-7,12,31H,8-11,13H2,1-3H3;1H. The number of carbonyl (C=O) groups is 2. The third-order valence-electron chi connectivity index (χ3n) is 6.75. The molecule has 1 fully saturated rings. The van der Waals surface area contributed by atoms with Crippen molar-refractivity contribution in [2.45, 2.75) is 56.7 Å². The number of benzene rings is 1. The predicted molar refractivity (Wildman–Crippen MR) is 119 cm³/mol. The van der Waals surface area contributed by atoms with E-state index in [9.17, 15) is 35.9 Å². The molecule has 0 saturated carbocycles. The Morgan fingerprint density at radius 1 is 1.03 bits per heavy atom. The van der Waals surface area contributed by atoms with E-state index in [1.807, 2.05) is 13.8 Å². The second kappa shape index (κ2) is 8.53. The molecule has 2 aromatic rings. The van der Waals surface area contributed by atoms with Crippen molar-refractivity contribution in [2.24, 2.45) is 0 Å². The van der Waals surface area contributed by atoms with Gasteiger partial charge in [0, 0.05) is 37.9 Å². The summed E-state index contributed by atoms with van der Waals surface area (Å²) in [5.74, 6) is -2.90. The van der Waals surface area contributed by atoms with Crippen LogP contribution >= 0.6 is 0 Å². The first-order chi connectivity index (χ1) is 16.6. The third kappa shape index (κ3) is 4.58. The maximum Gasteiger partial charge on any atom is 0.456 e. The van der Waals surface area contributed by atoms with E-state index < -0.39 is 52.1 Å². The number of alkyl halides is 6. The minimum atomic E-state index is -5.01. The average molecular weight is 519 g/mol. The van der Waals surface area contributed by atoms with Crippen molar-refractivity contribution in [3.8, 4) is 5.75 Å². The first-order valence-corrected chi connectivity index (χ1v) is 11.2. The van der Waals surface area contributed by atoms with Crippen LogP contribution in [-0.2, 0) is 18.3 Å². The van der Waals surface area contributed by atoms with Gasteiger partial charge in [0.1, 0.15) is 5.75 Å². The Morgan fingerprint density at radius 2 is 1.67 bits per heavy atom. The molecule has 2 aliphatic heterocycles. The van der Waals surface area contributed by atoms with E-state index in [2.05, 4.69) is 5.32 Å². The molecular weight excluding hydrogens is 492 g/mol. The van der Waals surface area contributed by atoms with Crippen LogP contribution < -0.4 is 10.1 Å². The number of Topliss-reactive ketones (excluding diaryl/α,β-unsaturated/α-hetero) is 1. The summed E-state index contributed by atoms with van der Waals surface area (Å²) < 4.78 is 85.8. The number of likely N-dealkylation sites (tertiary alicyclic amines) is 1. The lowest BCUT2D eigenvalue weighted by Crippen LogP contribution is -2.63. The molecule has 4 rings (SSSR count). The van der Waals surface area contributed by atoms with Crippen LogP contribution in [0.4, 0.5) is 26.3 Å². The lowest BCUT2D eigenvalue weighted by atomic mass is 9.79. The second-order valence-electron chi connectivity index (χ2n) is 9.81. The fraction of sp³-hybridized carbons (Fsp3) is 0.500. The fourth-order valence-corrected chi connectivity index (χ4v) is 5.26. The summed E-state index contributed by atoms with van der Waals surface area (Å²) in [5.41, 5.74) is -2.58. The number of aromatic nitrogens is 1. The summed E-state index contributed by atoms with van der Waals surface area (Å²) >= 11 is 0. The lowest BCUT2D eigenvalue weighted by molar-refractivity contribution is -0.138. The third-order valence-corrected chi connectivity index (χ3v) is 6.75. The number of hydrogen-bond acceptors (Lipinski definition) is 4. The molecule has 1 amide bonds. The molecule has 2 aliphatic rings. The minimum absolute atomic E-state index is 0. The highest BCUT2D eigenvalue weighted by atomic mass is 19.4. The molecule has 0 bridgehead atoms. The average Bonchev–Trinajstić information content (AvgIpc) is 3.20. The maximum absolute atomic E-state index is 13.4. The number of rotatable bonds is 3. The number of methoxy groups -OCH3 is 1. The summed E-state index contributed by atoms with van der Waals surface area (Å²) in [7, 11) is 1.11. The monoisotopic (exact) mass is 519 g/mol. The van der Waals surface area contributed by atoms with Gasteiger partial charge >= 0.3 is 12.4 Å². The van der Waals surface area contributed by atoms with Gasteiger partial charge in [-0.15, -0.1) is 0 Å². The van der Waals surface area contributed by atoms with Crippen molar-refractivity contribution in [1.29, 1.82) is 0 Å². The first-order valence-electron chi connectivity index (χ1n) is 11.2. The van der Waals surface area contributed by atoms with Crippen LogP contribution in [0.2, 0.25) is 0 Å². The van der Waals surface area contributed by atoms with Gasteiger partial charge in [-0.2, -0.15) is 26.3 Å². The molecule has 0 radical (unpaired) electrons. The number of nitrogens with one attached hydrogen (secondary N) is 1. The lowest BCUT2D eigenvalue weighted by Gasteiger charge is -2.51. The van der Waals surface area contributed by atoms with Gasteiger partial charge < -0.3 is 14.2 Å². The van der Waals surface area contributed by atoms with Gasteiger partial charge in [0.05, 0.1) is 23.9 Å². The molecule has 1 N–H and O–H groups in total. The number of amides is 1. The fourth-order valence-electron chi connectivity index (χ4n) is 5.26. The van der Waals surface area contributed by atoms with Gasteiger partial charge in [-0.1, -0.05) is 0 Å². The Kier molecular flexibility index (Phi) is 6.17. The molecular formula is C24H27F6N3O3. The Morgan fingerprint density at radius 3 is 2.22 bits per heavy atom. The van der Waals surface area contributed by atoms with Crippen molar-refractivity contribution >= 4 is 11.7 Å². The SMILES string of the molecule is COc1ccc(C(=O)N2CCC3(CC2)NC(C)(C)Cn2c(C(=O)C(F)(F)F)ccc23)cc1C(F)(F)F.[HH]. The van der Waals surface area contributed by atoms with Crippen LogP contribution in [0.3, 0.4) is 0 Å². The highest BCUT2D eigenvalue weighted by Gasteiger charge is 2.49. The van der Waals surface area contributed by atoms with E-state index in [-0.39, 0.29) is 26.6 Å². The van der Waals surface area contributed by atoms with Crippen molar-refractivity contribution in [1.82, 2.24) is 14.8 Å². The van der Waals surface area contributed by atoms with Crippen LogP contribution in [0.15, 0.2) is 30.3 Å². The molecule has 1 saturated heterocycles. The van der Waals surface area contributed by atoms with E-state index in [4.69, 9.17) is 4.74 Å². The van der Waals surface area contributed by atoms with Gasteiger partial charge in [0.25, 0.3) is 11.7 Å². The van der Waals surface area contributed by atoms with E-state index in [1.165, 1.54) is 27.7 Å². The number of nitrogens with zero attached hydrogens (tertiary/aromatic N) is 2. The molecule has 1 spiro atoms. The molecule has 1 aromatic heterocycles. The van der Waals surface area contributed by atoms with Crippen LogP contribution in [0.25, 0.3) is 0 Å². The molecule has 0 atom stereocenters. The van der Waals surface area contributed by atoms with Gasteiger partial charge in [0.2, 0.25) is 0 Å². The van der Waals surface area contributed by atoms with Crippen molar-refractivity contribution < 1.29 is 42.1 Å². The molecule has 0 aliphatic carbocycles. The van der Waals surface area contributed by atoms with Crippen LogP contribution in [0.1, 0.15) is 60.2 Å². The molecule has 12 heteroatoms. The topological polar surface area (TPSA) is 63.6 Å². The largest absolute Gasteiger partial charge is 0.496 e. The normalized spacial score (nSPS) is 19.2. The number of piperidine rings is 1. The minimum Gasteiger partial charge on any atom is -0.496 e. The summed E-state index contributed by atoms with van der Waals surface area (Å²) in [6, 6.07) is 5.79. The van der Waals surface area contributed by atoms with E-state index in [1.54, 1.807) is 0 Å². The molecule has 36 heavy (non-hydrogen) atoms. The smallest absolute Gasteiger partial charge is 0.456 e. The quantitative estimate of drug-likeness (QED) is 0.457. The Balaban J connectivity index is 0.00000380. The van der Waals surface area contributed by atoms with Gasteiger partial charge in [0.15, 0.2) is 0 Å². The maximum atomic E-state index is 13.4. The Labute approximate surface area is 204 Å². The molecule has 198 valence electrons. The number of halogens is 6. The zero-order chi connectivity index (χ0) is 26.7. The van der Waals surface area contributed by atoms with E-state index in [0.29, 0.717) is 18.5 Å². The first kappa shape index (κ1) is 26.1. The zero-order valence-electron chi connectivity index (χ0n) is 19.8. The van der Waals surface area contributed by atoms with Gasteiger partial charge in [-0.05, 0) is 57.0 Å². The molecule has 6 nitrogen and oxygen atoms in total. The molecule has 3 heterocycles. The van der Waals surface area contributed by atoms with E-state index >= 15 is 0 Å². The van der Waals surface area contributed by atoms with Crippen LogP contribution in [0.5, 0.6) is 5.75 Å². The number of carbonyl (C=O) groups excluding carboxylic acids is 2. The van der Waals surface area contributed by atoms with Crippen LogP contribution in [-0.4, -0.2) is 53.1 Å². The van der Waals surface area contributed by atoms with Gasteiger partial charge in [-0.3, -0.25) is 14.9 Å². The van der Waals surface area contributed by atoms with E-state index in [0.717, 1.165) is 19.2 Å². The van der Waals surface area contributed by atoms with Crippen LogP contribution in [0, 0.1) is 0 Å². The molecule has 0 unspecified atom stereocenters. The van der Waals surface area contributed by atoms with Crippen molar-refractivity contribution in [2.75, 3.05) is 20.2 Å².